The molecule has 0 bridgehead atoms. The largest absolute Gasteiger partial charge is 0.497 e. The van der Waals surface area contributed by atoms with Crippen molar-refractivity contribution in [1.29, 1.82) is 0 Å². The Balaban J connectivity index is 1.05. The summed E-state index contributed by atoms with van der Waals surface area (Å²) in [7, 11) is 3.30. The number of carbonyl (C=O) groups is 1. The lowest BCUT2D eigenvalue weighted by atomic mass is 9.93. The summed E-state index contributed by atoms with van der Waals surface area (Å²) in [5.74, 6) is 1.49. The van der Waals surface area contributed by atoms with Crippen LogP contribution in [0.4, 0.5) is 0 Å². The van der Waals surface area contributed by atoms with Crippen molar-refractivity contribution < 1.29 is 42.7 Å². The molecule has 0 aliphatic carbocycles. The summed E-state index contributed by atoms with van der Waals surface area (Å²) >= 11 is 0. The van der Waals surface area contributed by atoms with Gasteiger partial charge in [0.25, 0.3) is 0 Å². The van der Waals surface area contributed by atoms with Gasteiger partial charge >= 0.3 is 0 Å². The molecule has 0 saturated carbocycles. The molecule has 0 spiro atoms. The average Bonchev–Trinajstić information content (AvgIpc) is 3.83. The molecule has 2 fully saturated rings. The Morgan fingerprint density at radius 1 is 0.636 bits per heavy atom. The Hall–Kier alpha value is -4.35. The topological polar surface area (TPSA) is 90.9 Å². The highest BCUT2D eigenvalue weighted by molar-refractivity contribution is 5.89. The van der Waals surface area contributed by atoms with Gasteiger partial charge in [-0.05, 0) is 64.6 Å². The maximum Gasteiger partial charge on any atom is 0.155 e. The smallest absolute Gasteiger partial charge is 0.155 e. The summed E-state index contributed by atoms with van der Waals surface area (Å²) in [5.41, 5.74) is 4.29. The first-order chi connectivity index (χ1) is 26.9. The molecule has 4 aromatic carbocycles. The van der Waals surface area contributed by atoms with E-state index in [1.807, 2.05) is 115 Å². The third-order valence-electron chi connectivity index (χ3n) is 10.1. The quantitative estimate of drug-likeness (QED) is 0.0785. The lowest BCUT2D eigenvalue weighted by molar-refractivity contribution is -0.118. The second kappa shape index (κ2) is 21.1. The highest BCUT2D eigenvalue weighted by Gasteiger charge is 2.40. The van der Waals surface area contributed by atoms with Crippen molar-refractivity contribution in [2.45, 2.75) is 89.2 Å². The van der Waals surface area contributed by atoms with Crippen LogP contribution in [0.15, 0.2) is 121 Å². The van der Waals surface area contributed by atoms with E-state index in [2.05, 4.69) is 6.92 Å². The molecule has 0 amide bonds. The molecule has 2 saturated heterocycles. The molecular weight excluding hydrogens is 696 g/mol. The van der Waals surface area contributed by atoms with Crippen molar-refractivity contribution in [2.24, 2.45) is 5.92 Å². The molecule has 6 rings (SSSR count). The van der Waals surface area contributed by atoms with Gasteiger partial charge in [0.1, 0.15) is 17.6 Å². The lowest BCUT2D eigenvalue weighted by Gasteiger charge is -2.25. The van der Waals surface area contributed by atoms with Gasteiger partial charge in [-0.25, -0.2) is 0 Å². The Labute approximate surface area is 325 Å². The fraction of sp³-hybridized carbons (Fsp3) is 0.413. The van der Waals surface area contributed by atoms with E-state index in [9.17, 15) is 4.79 Å². The third kappa shape index (κ3) is 12.6. The number of rotatable bonds is 21. The molecule has 9 nitrogen and oxygen atoms in total. The molecule has 2 aliphatic rings. The zero-order chi connectivity index (χ0) is 38.2. The highest BCUT2D eigenvalue weighted by Crippen LogP contribution is 2.32. The zero-order valence-corrected chi connectivity index (χ0v) is 32.1. The number of hydrogen-bond donors (Lipinski definition) is 0. The summed E-state index contributed by atoms with van der Waals surface area (Å²) < 4.78 is 48.5. The molecule has 9 heteroatoms. The van der Waals surface area contributed by atoms with Crippen LogP contribution in [0, 0.1) is 5.92 Å². The van der Waals surface area contributed by atoms with Crippen LogP contribution in [0.3, 0.4) is 0 Å². The minimum absolute atomic E-state index is 0.00457. The Kier molecular flexibility index (Phi) is 15.5. The lowest BCUT2D eigenvalue weighted by Crippen LogP contribution is -2.32. The van der Waals surface area contributed by atoms with E-state index in [0.29, 0.717) is 58.9 Å². The molecule has 0 aromatic heterocycles. The van der Waals surface area contributed by atoms with E-state index >= 15 is 0 Å². The van der Waals surface area contributed by atoms with Gasteiger partial charge in [0.15, 0.2) is 5.78 Å². The van der Waals surface area contributed by atoms with Gasteiger partial charge in [-0.2, -0.15) is 0 Å². The SMILES string of the molecule is COc1ccc(CO[C@H]2C[C@@H](COCc3ccccc3)O[C@H]2[C@@H](C)CC(=O)/C=C/[C@@H]2O[C@H](COCc3ccccc3)C[C@@H]2OCc2ccc(OC)cc2)cc1. The molecule has 292 valence electrons. The van der Waals surface area contributed by atoms with Crippen molar-refractivity contribution in [3.8, 4) is 11.5 Å². The van der Waals surface area contributed by atoms with Gasteiger partial charge < -0.3 is 37.9 Å². The number of hydrogen-bond acceptors (Lipinski definition) is 9. The van der Waals surface area contributed by atoms with Crippen LogP contribution < -0.4 is 9.47 Å². The van der Waals surface area contributed by atoms with Gasteiger partial charge in [0.2, 0.25) is 0 Å². The summed E-state index contributed by atoms with van der Waals surface area (Å²) in [5, 5.41) is 0. The Morgan fingerprint density at radius 3 is 1.64 bits per heavy atom. The fourth-order valence-electron chi connectivity index (χ4n) is 7.05. The molecule has 0 unspecified atom stereocenters. The summed E-state index contributed by atoms with van der Waals surface area (Å²) in [6, 6.07) is 35.9. The number of allylic oxidation sites excluding steroid dienone is 1. The highest BCUT2D eigenvalue weighted by atomic mass is 16.6. The molecule has 4 aromatic rings. The molecule has 0 radical (unpaired) electrons. The van der Waals surface area contributed by atoms with Crippen molar-refractivity contribution in [2.75, 3.05) is 27.4 Å². The van der Waals surface area contributed by atoms with Crippen molar-refractivity contribution in [3.05, 3.63) is 144 Å². The first-order valence-corrected chi connectivity index (χ1v) is 19.2. The maximum atomic E-state index is 13.5. The number of ketones is 1. The van der Waals surface area contributed by atoms with Crippen LogP contribution in [0.25, 0.3) is 0 Å². The van der Waals surface area contributed by atoms with Crippen LogP contribution in [0.2, 0.25) is 0 Å². The molecular formula is C46H54O9. The fourth-order valence-corrected chi connectivity index (χ4v) is 7.05. The number of ether oxygens (including phenoxy) is 8. The minimum atomic E-state index is -0.391. The summed E-state index contributed by atoms with van der Waals surface area (Å²) in [6.07, 6.45) is 3.73. The molecule has 7 atom stereocenters. The predicted molar refractivity (Wildman–Crippen MR) is 210 cm³/mol. The van der Waals surface area contributed by atoms with Crippen LogP contribution >= 0.6 is 0 Å². The van der Waals surface area contributed by atoms with Gasteiger partial charge in [-0.1, -0.05) is 91.9 Å². The van der Waals surface area contributed by atoms with Gasteiger partial charge in [0.05, 0.1) is 84.4 Å². The Morgan fingerprint density at radius 2 is 1.11 bits per heavy atom. The van der Waals surface area contributed by atoms with Gasteiger partial charge in [0, 0.05) is 19.3 Å². The van der Waals surface area contributed by atoms with E-state index in [4.69, 9.17) is 37.9 Å². The van der Waals surface area contributed by atoms with Crippen LogP contribution in [0.1, 0.15) is 48.4 Å². The second-order valence-electron chi connectivity index (χ2n) is 14.3. The summed E-state index contributed by atoms with van der Waals surface area (Å²) in [4.78, 5) is 13.5. The van der Waals surface area contributed by atoms with E-state index in [-0.39, 0.29) is 42.2 Å². The van der Waals surface area contributed by atoms with Crippen LogP contribution in [-0.4, -0.2) is 69.8 Å². The minimum Gasteiger partial charge on any atom is -0.497 e. The molecule has 55 heavy (non-hydrogen) atoms. The number of carbonyl (C=O) groups excluding carboxylic acids is 1. The predicted octanol–water partition coefficient (Wildman–Crippen LogP) is 8.07. The normalized spacial score (nSPS) is 22.9. The Bertz CT molecular complexity index is 1730. The van der Waals surface area contributed by atoms with Gasteiger partial charge in [-0.3, -0.25) is 4.79 Å². The average molecular weight is 751 g/mol. The standard InChI is InChI=1S/C46H54O9/c1-33(46-45(53-30-37-16-21-40(49-3)22-17-37)26-42(55-46)32-51-28-35-12-8-5-9-13-35)24-38(47)18-23-43-44(52-29-36-14-19-39(48-2)20-15-36)25-41(54-43)31-50-27-34-10-6-4-7-11-34/h4-23,33,41-46H,24-32H2,1-3H3/b23-18+/t33-,41-,42-,43-,44-,45-,46-/m0/s1. The first kappa shape index (κ1) is 40.3. The monoisotopic (exact) mass is 750 g/mol. The second-order valence-corrected chi connectivity index (χ2v) is 14.3. The number of methoxy groups -OCH3 is 2. The van der Waals surface area contributed by atoms with Crippen LogP contribution in [-0.2, 0) is 59.6 Å². The molecule has 0 N–H and O–H groups in total. The third-order valence-corrected chi connectivity index (χ3v) is 10.1. The zero-order valence-electron chi connectivity index (χ0n) is 32.1. The first-order valence-electron chi connectivity index (χ1n) is 19.2. The number of benzene rings is 4. The molecule has 2 heterocycles. The van der Waals surface area contributed by atoms with E-state index in [0.717, 1.165) is 33.8 Å². The van der Waals surface area contributed by atoms with E-state index in [1.54, 1.807) is 20.3 Å². The maximum absolute atomic E-state index is 13.5. The van der Waals surface area contributed by atoms with Crippen LogP contribution in [0.5, 0.6) is 11.5 Å². The summed E-state index contributed by atoms with van der Waals surface area (Å²) in [6.45, 7) is 4.79. The van der Waals surface area contributed by atoms with E-state index < -0.39 is 6.10 Å². The van der Waals surface area contributed by atoms with Crippen molar-refractivity contribution in [3.63, 3.8) is 0 Å². The van der Waals surface area contributed by atoms with Crippen molar-refractivity contribution in [1.82, 2.24) is 0 Å². The van der Waals surface area contributed by atoms with E-state index in [1.165, 1.54) is 0 Å². The van der Waals surface area contributed by atoms with Crippen molar-refractivity contribution >= 4 is 5.78 Å². The van der Waals surface area contributed by atoms with Gasteiger partial charge in [-0.15, -0.1) is 0 Å². The molecule has 2 aliphatic heterocycles.